The van der Waals surface area contributed by atoms with E-state index in [1.165, 1.54) is 11.3 Å². The smallest absolute Gasteiger partial charge is 0.322 e. The number of nitrogens with one attached hydrogen (secondary N) is 2. The molecule has 0 bridgehead atoms. The number of morpholine rings is 1. The van der Waals surface area contributed by atoms with Crippen LogP contribution in [-0.2, 0) is 11.3 Å². The summed E-state index contributed by atoms with van der Waals surface area (Å²) in [7, 11) is 0. The molecule has 2 heterocycles. The minimum Gasteiger partial charge on any atom is -0.379 e. The van der Waals surface area contributed by atoms with Gasteiger partial charge >= 0.3 is 6.03 Å². The quantitative estimate of drug-likeness (QED) is 0.624. The average molecular weight is 466 g/mol. The first kappa shape index (κ1) is 23.5. The van der Waals surface area contributed by atoms with Gasteiger partial charge in [0.2, 0.25) is 0 Å². The number of halogens is 1. The first-order valence-electron chi connectivity index (χ1n) is 10.3. The van der Waals surface area contributed by atoms with E-state index in [9.17, 15) is 9.59 Å². The lowest BCUT2D eigenvalue weighted by atomic mass is 10.3. The maximum Gasteiger partial charge on any atom is 0.322 e. The maximum atomic E-state index is 12.7. The minimum atomic E-state index is -0.232. The number of urea groups is 1. The summed E-state index contributed by atoms with van der Waals surface area (Å²) in [6.45, 7) is 8.80. The number of anilines is 1. The molecule has 2 N–H and O–H groups in total. The van der Waals surface area contributed by atoms with E-state index in [1.807, 2.05) is 13.8 Å². The number of carbonyl (C=O) groups excluding carboxylic acids is 2. The van der Waals surface area contributed by atoms with Crippen LogP contribution in [0.5, 0.6) is 0 Å². The van der Waals surface area contributed by atoms with Crippen molar-refractivity contribution in [1.82, 2.24) is 20.1 Å². The number of carbonyl (C=O) groups is 2. The number of benzene rings is 1. The molecule has 0 unspecified atom stereocenters. The number of hydrogen-bond acceptors (Lipinski definition) is 6. The summed E-state index contributed by atoms with van der Waals surface area (Å²) < 4.78 is 5.33. The molecule has 8 nitrogen and oxygen atoms in total. The zero-order valence-electron chi connectivity index (χ0n) is 17.8. The van der Waals surface area contributed by atoms with Crippen molar-refractivity contribution < 1.29 is 14.3 Å². The number of nitrogens with zero attached hydrogens (tertiary/aromatic N) is 3. The van der Waals surface area contributed by atoms with E-state index in [1.54, 1.807) is 34.5 Å². The fourth-order valence-electron chi connectivity index (χ4n) is 3.09. The molecule has 3 amide bonds. The SMILES string of the molecule is CC(C)N(Cc1nc(C(=O)NCCN2CCOCC2)cs1)C(=O)Nc1ccc(Cl)cc1. The molecule has 1 aromatic carbocycles. The van der Waals surface area contributed by atoms with Crippen molar-refractivity contribution >= 4 is 40.6 Å². The van der Waals surface area contributed by atoms with Crippen molar-refractivity contribution in [2.24, 2.45) is 0 Å². The molecule has 10 heteroatoms. The van der Waals surface area contributed by atoms with Gasteiger partial charge < -0.3 is 20.3 Å². The molecule has 0 atom stereocenters. The highest BCUT2D eigenvalue weighted by atomic mass is 35.5. The second-order valence-corrected chi connectivity index (χ2v) is 8.87. The Balaban J connectivity index is 1.52. The van der Waals surface area contributed by atoms with Crippen molar-refractivity contribution in [1.29, 1.82) is 0 Å². The average Bonchev–Trinajstić information content (AvgIpc) is 3.23. The second kappa shape index (κ2) is 11.4. The van der Waals surface area contributed by atoms with E-state index in [4.69, 9.17) is 16.3 Å². The van der Waals surface area contributed by atoms with Crippen molar-refractivity contribution in [3.05, 3.63) is 45.4 Å². The summed E-state index contributed by atoms with van der Waals surface area (Å²) in [5, 5.41) is 8.83. The van der Waals surface area contributed by atoms with Crippen LogP contribution in [0.1, 0.15) is 29.3 Å². The number of hydrogen-bond donors (Lipinski definition) is 2. The normalized spacial score (nSPS) is 14.5. The summed E-state index contributed by atoms with van der Waals surface area (Å²) in [6.07, 6.45) is 0. The summed E-state index contributed by atoms with van der Waals surface area (Å²) in [6, 6.07) is 6.68. The molecule has 3 rings (SSSR count). The highest BCUT2D eigenvalue weighted by Gasteiger charge is 2.20. The molecule has 2 aromatic rings. The van der Waals surface area contributed by atoms with Crippen LogP contribution in [-0.4, -0.2) is 72.2 Å². The molecular formula is C21H28ClN5O3S. The van der Waals surface area contributed by atoms with Crippen LogP contribution in [0.4, 0.5) is 10.5 Å². The Hall–Kier alpha value is -2.20. The van der Waals surface area contributed by atoms with Gasteiger partial charge in [0.1, 0.15) is 10.7 Å². The van der Waals surface area contributed by atoms with Gasteiger partial charge in [-0.1, -0.05) is 11.6 Å². The Labute approximate surface area is 191 Å². The molecule has 1 aromatic heterocycles. The Morgan fingerprint density at radius 3 is 2.65 bits per heavy atom. The van der Waals surface area contributed by atoms with Crippen molar-refractivity contribution in [3.8, 4) is 0 Å². The van der Waals surface area contributed by atoms with Crippen LogP contribution in [0.2, 0.25) is 5.02 Å². The second-order valence-electron chi connectivity index (χ2n) is 7.50. The molecule has 168 valence electrons. The zero-order valence-corrected chi connectivity index (χ0v) is 19.3. The molecule has 1 saturated heterocycles. The van der Waals surface area contributed by atoms with Gasteiger partial charge in [-0.15, -0.1) is 11.3 Å². The van der Waals surface area contributed by atoms with E-state index in [2.05, 4.69) is 20.5 Å². The fourth-order valence-corrected chi connectivity index (χ4v) is 3.99. The molecule has 1 fully saturated rings. The van der Waals surface area contributed by atoms with Crippen LogP contribution in [0.25, 0.3) is 0 Å². The van der Waals surface area contributed by atoms with Gasteiger partial charge in [0, 0.05) is 48.3 Å². The predicted molar refractivity (Wildman–Crippen MR) is 123 cm³/mol. The highest BCUT2D eigenvalue weighted by Crippen LogP contribution is 2.17. The molecule has 1 aliphatic heterocycles. The minimum absolute atomic E-state index is 0.0398. The molecule has 0 aliphatic carbocycles. The topological polar surface area (TPSA) is 86.8 Å². The number of aromatic nitrogens is 1. The monoisotopic (exact) mass is 465 g/mol. The summed E-state index contributed by atoms with van der Waals surface area (Å²) in [5.74, 6) is -0.197. The van der Waals surface area contributed by atoms with Gasteiger partial charge in [-0.2, -0.15) is 0 Å². The third-order valence-electron chi connectivity index (χ3n) is 4.89. The van der Waals surface area contributed by atoms with Crippen LogP contribution in [0.3, 0.4) is 0 Å². The highest BCUT2D eigenvalue weighted by molar-refractivity contribution is 7.09. The maximum absolute atomic E-state index is 12.7. The number of rotatable bonds is 8. The molecule has 31 heavy (non-hydrogen) atoms. The Morgan fingerprint density at radius 1 is 1.26 bits per heavy atom. The van der Waals surface area contributed by atoms with E-state index in [-0.39, 0.29) is 18.0 Å². The lowest BCUT2D eigenvalue weighted by molar-refractivity contribution is 0.0383. The summed E-state index contributed by atoms with van der Waals surface area (Å²) in [5.41, 5.74) is 1.04. The molecule has 0 radical (unpaired) electrons. The fraction of sp³-hybridized carbons (Fsp3) is 0.476. The van der Waals surface area contributed by atoms with Crippen LogP contribution < -0.4 is 10.6 Å². The Bertz CT molecular complexity index is 868. The summed E-state index contributed by atoms with van der Waals surface area (Å²) >= 11 is 7.27. The molecular weight excluding hydrogens is 438 g/mol. The van der Waals surface area contributed by atoms with Crippen LogP contribution in [0, 0.1) is 0 Å². The Morgan fingerprint density at radius 2 is 1.97 bits per heavy atom. The Kier molecular flexibility index (Phi) is 8.65. The third-order valence-corrected chi connectivity index (χ3v) is 5.97. The lowest BCUT2D eigenvalue weighted by Crippen LogP contribution is -2.41. The van der Waals surface area contributed by atoms with Gasteiger partial charge in [0.25, 0.3) is 5.91 Å². The molecule has 0 saturated carbocycles. The van der Waals surface area contributed by atoms with E-state index in [0.29, 0.717) is 34.5 Å². The third kappa shape index (κ3) is 7.17. The first-order chi connectivity index (χ1) is 14.9. The van der Waals surface area contributed by atoms with Crippen molar-refractivity contribution in [2.75, 3.05) is 44.7 Å². The molecule has 0 spiro atoms. The van der Waals surface area contributed by atoms with Crippen molar-refractivity contribution in [2.45, 2.75) is 26.4 Å². The van der Waals surface area contributed by atoms with E-state index >= 15 is 0 Å². The van der Waals surface area contributed by atoms with Crippen LogP contribution >= 0.6 is 22.9 Å². The standard InChI is InChI=1S/C21H28ClN5O3S/c1-15(2)27(21(29)24-17-5-3-16(22)4-6-17)13-19-25-18(14-31-19)20(28)23-7-8-26-9-11-30-12-10-26/h3-6,14-15H,7-13H2,1-2H3,(H,23,28)(H,24,29). The van der Waals surface area contributed by atoms with Gasteiger partial charge in [0.15, 0.2) is 0 Å². The number of amides is 3. The number of thiazole rings is 1. The first-order valence-corrected chi connectivity index (χ1v) is 11.5. The summed E-state index contributed by atoms with van der Waals surface area (Å²) in [4.78, 5) is 33.5. The lowest BCUT2D eigenvalue weighted by Gasteiger charge is -2.26. The van der Waals surface area contributed by atoms with Gasteiger partial charge in [-0.3, -0.25) is 9.69 Å². The van der Waals surface area contributed by atoms with E-state index in [0.717, 1.165) is 32.8 Å². The van der Waals surface area contributed by atoms with Gasteiger partial charge in [0.05, 0.1) is 19.8 Å². The van der Waals surface area contributed by atoms with E-state index < -0.39 is 0 Å². The van der Waals surface area contributed by atoms with Gasteiger partial charge in [-0.25, -0.2) is 9.78 Å². The predicted octanol–water partition coefficient (Wildman–Crippen LogP) is 3.30. The zero-order chi connectivity index (χ0) is 22.2. The largest absolute Gasteiger partial charge is 0.379 e. The van der Waals surface area contributed by atoms with Crippen molar-refractivity contribution in [3.63, 3.8) is 0 Å². The molecule has 1 aliphatic rings. The van der Waals surface area contributed by atoms with Gasteiger partial charge in [-0.05, 0) is 38.1 Å². The van der Waals surface area contributed by atoms with Crippen LogP contribution in [0.15, 0.2) is 29.6 Å². The number of ether oxygens (including phenoxy) is 1.